The summed E-state index contributed by atoms with van der Waals surface area (Å²) in [4.78, 5) is 0. The van der Waals surface area contributed by atoms with Gasteiger partial charge < -0.3 is 9.16 Å². The van der Waals surface area contributed by atoms with Gasteiger partial charge in [0.25, 0.3) is 0 Å². The molecule has 0 bridgehead atoms. The third-order valence-electron chi connectivity index (χ3n) is 2.46. The number of hydrogen-bond acceptors (Lipinski definition) is 2. The van der Waals surface area contributed by atoms with Gasteiger partial charge in [-0.2, -0.15) is 13.2 Å². The molecule has 0 atom stereocenters. The molecule has 0 heterocycles. The van der Waals surface area contributed by atoms with Crippen molar-refractivity contribution in [2.75, 3.05) is 0 Å². The van der Waals surface area contributed by atoms with E-state index in [4.69, 9.17) is 4.43 Å². The maximum atomic E-state index is 12.5. The van der Waals surface area contributed by atoms with Crippen LogP contribution in [0.2, 0.25) is 0 Å². The van der Waals surface area contributed by atoms with Crippen LogP contribution in [0.1, 0.15) is 19.4 Å². The predicted molar refractivity (Wildman–Crippen MR) is 66.2 cm³/mol. The molecule has 0 N–H and O–H groups in total. The average Bonchev–Trinajstić information content (AvgIpc) is 2.31. The lowest BCUT2D eigenvalue weighted by Crippen LogP contribution is -2.26. The number of benzene rings is 1. The smallest absolute Gasteiger partial charge is 0.344 e. The van der Waals surface area contributed by atoms with E-state index in [0.717, 1.165) is 5.56 Å². The summed E-state index contributed by atoms with van der Waals surface area (Å²) in [6, 6.07) is 4.41. The lowest BCUT2D eigenvalue weighted by molar-refractivity contribution is 0.124. The van der Waals surface area contributed by atoms with E-state index in [9.17, 15) is 13.2 Å². The van der Waals surface area contributed by atoms with E-state index in [0.29, 0.717) is 16.9 Å². The fourth-order valence-corrected chi connectivity index (χ4v) is 1.53. The van der Waals surface area contributed by atoms with Crippen LogP contribution in [0.3, 0.4) is 0 Å². The molecule has 18 heavy (non-hydrogen) atoms. The van der Waals surface area contributed by atoms with Crippen LogP contribution in [0.25, 0.3) is 0 Å². The highest BCUT2D eigenvalue weighted by atomic mass is 28.2. The van der Waals surface area contributed by atoms with Crippen molar-refractivity contribution in [1.82, 2.24) is 0 Å². The molecule has 0 amide bonds. The molecule has 0 aromatic heterocycles. The summed E-state index contributed by atoms with van der Waals surface area (Å²) in [5.74, 6) is 0.0358. The van der Waals surface area contributed by atoms with E-state index in [1.165, 1.54) is 12.1 Å². The molecule has 100 valence electrons. The molecule has 2 nitrogen and oxygen atoms in total. The molecule has 0 unspecified atom stereocenters. The van der Waals surface area contributed by atoms with Crippen molar-refractivity contribution in [3.8, 4) is 5.75 Å². The molecule has 0 radical (unpaired) electrons. The lowest BCUT2D eigenvalue weighted by atomic mass is 9.99. The predicted octanol–water partition coefficient (Wildman–Crippen LogP) is 2.72. The van der Waals surface area contributed by atoms with Gasteiger partial charge in [0, 0.05) is 0 Å². The third kappa shape index (κ3) is 4.54. The van der Waals surface area contributed by atoms with E-state index >= 15 is 0 Å². The van der Waals surface area contributed by atoms with E-state index in [1.54, 1.807) is 12.1 Å². The van der Waals surface area contributed by atoms with Crippen LogP contribution in [0.15, 0.2) is 36.4 Å². The molecule has 0 aliphatic carbocycles. The summed E-state index contributed by atoms with van der Waals surface area (Å²) in [6.45, 7) is 3.93. The topological polar surface area (TPSA) is 18.5 Å². The normalized spacial score (nSPS) is 11.4. The number of rotatable bonds is 5. The maximum absolute atomic E-state index is 12.5. The van der Waals surface area contributed by atoms with Crippen molar-refractivity contribution in [2.24, 2.45) is 0 Å². The van der Waals surface area contributed by atoms with Gasteiger partial charge in [-0.3, -0.25) is 0 Å². The monoisotopic (exact) mass is 276 g/mol. The first-order chi connectivity index (χ1) is 8.34. The molecular formula is C12H15F3O2Si. The zero-order chi connectivity index (χ0) is 13.8. The standard InChI is InChI=1S/C12H15F3O2Si/c1-12(2,17-18)7-8-3-5-9(6-4-8)16-11(15)10(13)14/h3-6H,7H2,1-2,18H3. The fraction of sp³-hybridized carbons (Fsp3) is 0.333. The Kier molecular flexibility index (Phi) is 4.98. The Morgan fingerprint density at radius 2 is 1.72 bits per heavy atom. The van der Waals surface area contributed by atoms with E-state index < -0.39 is 12.1 Å². The summed E-state index contributed by atoms with van der Waals surface area (Å²) in [7, 11) is 0.639. The molecule has 0 saturated carbocycles. The highest BCUT2D eigenvalue weighted by Gasteiger charge is 2.16. The Labute approximate surface area is 107 Å². The summed E-state index contributed by atoms with van der Waals surface area (Å²) >= 11 is 0. The highest BCUT2D eigenvalue weighted by molar-refractivity contribution is 5.98. The molecule has 6 heteroatoms. The molecule has 0 fully saturated rings. The second kappa shape index (κ2) is 6.06. The van der Waals surface area contributed by atoms with Gasteiger partial charge in [-0.25, -0.2) is 0 Å². The maximum Gasteiger partial charge on any atom is 0.344 e. The minimum Gasteiger partial charge on any atom is -0.428 e. The van der Waals surface area contributed by atoms with Crippen molar-refractivity contribution in [3.63, 3.8) is 0 Å². The van der Waals surface area contributed by atoms with Crippen molar-refractivity contribution in [3.05, 3.63) is 41.9 Å². The van der Waals surface area contributed by atoms with E-state index in [-0.39, 0.29) is 11.4 Å². The molecule has 1 aromatic rings. The van der Waals surface area contributed by atoms with Crippen LogP contribution in [0.5, 0.6) is 5.75 Å². The molecule has 1 aromatic carbocycles. The minimum atomic E-state index is -2.47. The second-order valence-electron chi connectivity index (χ2n) is 4.42. The van der Waals surface area contributed by atoms with Crippen molar-refractivity contribution >= 4 is 10.5 Å². The zero-order valence-electron chi connectivity index (χ0n) is 10.5. The summed E-state index contributed by atoms with van der Waals surface area (Å²) in [6.07, 6.45) is -1.78. The fourth-order valence-electron chi connectivity index (χ4n) is 1.38. The molecule has 1 rings (SSSR count). The van der Waals surface area contributed by atoms with Crippen LogP contribution in [-0.4, -0.2) is 16.1 Å². The average molecular weight is 276 g/mol. The van der Waals surface area contributed by atoms with Gasteiger partial charge in [-0.1, -0.05) is 12.1 Å². The lowest BCUT2D eigenvalue weighted by Gasteiger charge is -2.23. The van der Waals surface area contributed by atoms with Crippen LogP contribution in [0.4, 0.5) is 13.2 Å². The second-order valence-corrected chi connectivity index (χ2v) is 4.83. The summed E-state index contributed by atoms with van der Waals surface area (Å²) < 4.78 is 45.9. The first-order valence-corrected chi connectivity index (χ1v) is 6.18. The number of ether oxygens (including phenoxy) is 1. The van der Waals surface area contributed by atoms with Gasteiger partial charge in [0.05, 0.1) is 5.60 Å². The van der Waals surface area contributed by atoms with E-state index in [1.807, 2.05) is 13.8 Å². The van der Waals surface area contributed by atoms with Crippen LogP contribution >= 0.6 is 0 Å². The van der Waals surface area contributed by atoms with Gasteiger partial charge in [0.2, 0.25) is 0 Å². The van der Waals surface area contributed by atoms with Gasteiger partial charge in [-0.05, 0) is 38.0 Å². The molecule has 0 aliphatic rings. The van der Waals surface area contributed by atoms with Gasteiger partial charge in [0.15, 0.2) is 0 Å². The summed E-state index contributed by atoms with van der Waals surface area (Å²) in [5.41, 5.74) is 0.707. The Morgan fingerprint density at radius 1 is 1.17 bits per heavy atom. The molecule has 0 saturated heterocycles. The first-order valence-electron chi connectivity index (χ1n) is 5.37. The zero-order valence-corrected chi connectivity index (χ0v) is 12.5. The number of hydrogen-bond donors (Lipinski definition) is 0. The minimum absolute atomic E-state index is 0.0358. The third-order valence-corrected chi connectivity index (χ3v) is 3.57. The molecule has 0 spiro atoms. The first kappa shape index (κ1) is 14.8. The van der Waals surface area contributed by atoms with Crippen molar-refractivity contribution in [1.29, 1.82) is 0 Å². The van der Waals surface area contributed by atoms with E-state index in [2.05, 4.69) is 4.74 Å². The van der Waals surface area contributed by atoms with Gasteiger partial charge >= 0.3 is 12.1 Å². The van der Waals surface area contributed by atoms with Crippen molar-refractivity contribution in [2.45, 2.75) is 25.9 Å². The Bertz CT molecular complexity index is 425. The Hall–Kier alpha value is -1.27. The number of halogens is 3. The quantitative estimate of drug-likeness (QED) is 0.608. The van der Waals surface area contributed by atoms with Crippen LogP contribution < -0.4 is 4.74 Å². The highest BCUT2D eigenvalue weighted by Crippen LogP contribution is 2.21. The molecular weight excluding hydrogens is 261 g/mol. The largest absolute Gasteiger partial charge is 0.428 e. The van der Waals surface area contributed by atoms with Crippen LogP contribution in [0, 0.1) is 0 Å². The molecule has 0 aliphatic heterocycles. The Morgan fingerprint density at radius 3 is 2.17 bits per heavy atom. The van der Waals surface area contributed by atoms with Crippen LogP contribution in [-0.2, 0) is 10.8 Å². The van der Waals surface area contributed by atoms with Crippen molar-refractivity contribution < 1.29 is 22.3 Å². The SMILES string of the molecule is CC(C)(Cc1ccc(OC(F)=C(F)F)cc1)O[SiH3]. The summed E-state index contributed by atoms with van der Waals surface area (Å²) in [5, 5.41) is 0. The Balaban J connectivity index is 2.72. The van der Waals surface area contributed by atoms with Gasteiger partial charge in [0.1, 0.15) is 16.2 Å². The van der Waals surface area contributed by atoms with Gasteiger partial charge in [-0.15, -0.1) is 0 Å².